The predicted octanol–water partition coefficient (Wildman–Crippen LogP) is -1.27. The molecule has 0 aliphatic rings. The summed E-state index contributed by atoms with van der Waals surface area (Å²) in [5, 5.41) is 22.1. The van der Waals surface area contributed by atoms with Gasteiger partial charge in [-0.3, -0.25) is 0 Å². The summed E-state index contributed by atoms with van der Waals surface area (Å²) in [5.41, 5.74) is 10.7. The topological polar surface area (TPSA) is 143 Å². The molecule has 1 heterocycles. The van der Waals surface area contributed by atoms with Gasteiger partial charge in [-0.2, -0.15) is 8.75 Å². The molecule has 0 unspecified atom stereocenters. The SMILES string of the molecule is N/C(=N\O)c1nsnc1/C(N)=N/O. The van der Waals surface area contributed by atoms with Crippen LogP contribution in [-0.2, 0) is 0 Å². The molecule has 1 rings (SSSR count). The number of hydrogen-bond donors (Lipinski definition) is 4. The molecule has 70 valence electrons. The molecule has 0 amide bonds. The molecule has 9 heteroatoms. The summed E-state index contributed by atoms with van der Waals surface area (Å²) >= 11 is 0.810. The molecule has 0 aromatic carbocycles. The zero-order chi connectivity index (χ0) is 9.84. The summed E-state index contributed by atoms with van der Waals surface area (Å²) in [6.45, 7) is 0. The van der Waals surface area contributed by atoms with Gasteiger partial charge in [0.1, 0.15) is 0 Å². The zero-order valence-corrected chi connectivity index (χ0v) is 7.06. The molecule has 0 aliphatic carbocycles. The summed E-state index contributed by atoms with van der Waals surface area (Å²) in [7, 11) is 0. The maximum absolute atomic E-state index is 8.34. The van der Waals surface area contributed by atoms with Gasteiger partial charge < -0.3 is 21.9 Å². The van der Waals surface area contributed by atoms with Crippen molar-refractivity contribution in [1.82, 2.24) is 8.75 Å². The molecule has 0 aliphatic heterocycles. The summed E-state index contributed by atoms with van der Waals surface area (Å²) in [4.78, 5) is 0. The van der Waals surface area contributed by atoms with E-state index in [1.54, 1.807) is 0 Å². The van der Waals surface area contributed by atoms with Crippen molar-refractivity contribution in [3.8, 4) is 0 Å². The van der Waals surface area contributed by atoms with E-state index in [0.717, 1.165) is 11.7 Å². The van der Waals surface area contributed by atoms with Gasteiger partial charge >= 0.3 is 0 Å². The molecule has 1 aromatic heterocycles. The van der Waals surface area contributed by atoms with Crippen LogP contribution in [-0.4, -0.2) is 30.8 Å². The number of oxime groups is 2. The highest BCUT2D eigenvalue weighted by Crippen LogP contribution is 2.04. The van der Waals surface area contributed by atoms with E-state index in [2.05, 4.69) is 19.1 Å². The molecule has 0 radical (unpaired) electrons. The number of nitrogens with two attached hydrogens (primary N) is 2. The predicted molar refractivity (Wildman–Crippen MR) is 44.9 cm³/mol. The minimum atomic E-state index is -0.240. The Balaban J connectivity index is 3.18. The van der Waals surface area contributed by atoms with Crippen LogP contribution in [0.25, 0.3) is 0 Å². The average molecular weight is 202 g/mol. The van der Waals surface area contributed by atoms with Gasteiger partial charge in [-0.1, -0.05) is 10.3 Å². The van der Waals surface area contributed by atoms with Crippen molar-refractivity contribution in [2.45, 2.75) is 0 Å². The Bertz CT molecular complexity index is 325. The monoisotopic (exact) mass is 202 g/mol. The van der Waals surface area contributed by atoms with Gasteiger partial charge in [-0.05, 0) is 0 Å². The number of nitrogens with zero attached hydrogens (tertiary/aromatic N) is 4. The van der Waals surface area contributed by atoms with E-state index in [4.69, 9.17) is 21.9 Å². The van der Waals surface area contributed by atoms with Crippen LogP contribution in [0.4, 0.5) is 0 Å². The highest BCUT2D eigenvalue weighted by atomic mass is 32.1. The van der Waals surface area contributed by atoms with E-state index in [-0.39, 0.29) is 23.1 Å². The second-order valence-corrected chi connectivity index (χ2v) is 2.46. The third-order valence-corrected chi connectivity index (χ3v) is 1.72. The van der Waals surface area contributed by atoms with E-state index in [1.165, 1.54) is 0 Å². The molecule has 0 bridgehead atoms. The van der Waals surface area contributed by atoms with Crippen molar-refractivity contribution in [1.29, 1.82) is 0 Å². The van der Waals surface area contributed by atoms with Gasteiger partial charge in [0.05, 0.1) is 11.7 Å². The van der Waals surface area contributed by atoms with Crippen LogP contribution in [0.1, 0.15) is 11.4 Å². The minimum Gasteiger partial charge on any atom is -0.409 e. The molecule has 0 fully saturated rings. The van der Waals surface area contributed by atoms with Crippen LogP contribution >= 0.6 is 11.7 Å². The van der Waals surface area contributed by atoms with Crippen molar-refractivity contribution < 1.29 is 10.4 Å². The van der Waals surface area contributed by atoms with E-state index >= 15 is 0 Å². The fourth-order valence-electron chi connectivity index (χ4n) is 0.619. The van der Waals surface area contributed by atoms with E-state index < -0.39 is 0 Å². The molecule has 0 atom stereocenters. The molecule has 0 saturated heterocycles. The van der Waals surface area contributed by atoms with Crippen LogP contribution in [0.5, 0.6) is 0 Å². The van der Waals surface area contributed by atoms with Crippen molar-refractivity contribution >= 4 is 23.4 Å². The Morgan fingerprint density at radius 3 is 1.77 bits per heavy atom. The first-order valence-electron chi connectivity index (χ1n) is 2.99. The summed E-state index contributed by atoms with van der Waals surface area (Å²) in [6, 6.07) is 0. The third kappa shape index (κ3) is 1.64. The van der Waals surface area contributed by atoms with Crippen LogP contribution in [0, 0.1) is 0 Å². The normalized spacial score (nSPS) is 13.2. The summed E-state index contributed by atoms with van der Waals surface area (Å²) in [5.74, 6) is -0.481. The first-order chi connectivity index (χ1) is 6.20. The maximum atomic E-state index is 8.34. The molecule has 0 spiro atoms. The highest BCUT2D eigenvalue weighted by molar-refractivity contribution is 6.99. The van der Waals surface area contributed by atoms with Crippen LogP contribution in [0.3, 0.4) is 0 Å². The zero-order valence-electron chi connectivity index (χ0n) is 6.25. The fraction of sp³-hybridized carbons (Fsp3) is 0. The quantitative estimate of drug-likeness (QED) is 0.204. The minimum absolute atomic E-state index is 0.0859. The number of rotatable bonds is 2. The Morgan fingerprint density at radius 1 is 1.08 bits per heavy atom. The van der Waals surface area contributed by atoms with Gasteiger partial charge in [0, 0.05) is 0 Å². The van der Waals surface area contributed by atoms with Crippen LogP contribution < -0.4 is 11.5 Å². The highest BCUT2D eigenvalue weighted by Gasteiger charge is 2.15. The van der Waals surface area contributed by atoms with E-state index in [1.807, 2.05) is 0 Å². The molecule has 6 N–H and O–H groups in total. The van der Waals surface area contributed by atoms with Gasteiger partial charge in [0.25, 0.3) is 0 Å². The lowest BCUT2D eigenvalue weighted by Crippen LogP contribution is -2.22. The van der Waals surface area contributed by atoms with Crippen molar-refractivity contribution in [3.05, 3.63) is 11.4 Å². The molecular formula is C4H6N6O2S. The van der Waals surface area contributed by atoms with Crippen molar-refractivity contribution in [2.24, 2.45) is 21.8 Å². The van der Waals surface area contributed by atoms with E-state index in [0.29, 0.717) is 0 Å². The van der Waals surface area contributed by atoms with Gasteiger partial charge in [-0.15, -0.1) is 0 Å². The third-order valence-electron chi connectivity index (χ3n) is 1.19. The lowest BCUT2D eigenvalue weighted by Gasteiger charge is -1.95. The van der Waals surface area contributed by atoms with Gasteiger partial charge in [0.15, 0.2) is 23.1 Å². The first-order valence-corrected chi connectivity index (χ1v) is 3.72. The maximum Gasteiger partial charge on any atom is 0.192 e. The van der Waals surface area contributed by atoms with Crippen molar-refractivity contribution in [3.63, 3.8) is 0 Å². The Labute approximate surface area is 76.5 Å². The number of aromatic nitrogens is 2. The Morgan fingerprint density at radius 2 is 1.46 bits per heavy atom. The lowest BCUT2D eigenvalue weighted by atomic mass is 10.3. The molecule has 0 saturated carbocycles. The van der Waals surface area contributed by atoms with Crippen LogP contribution in [0.2, 0.25) is 0 Å². The largest absolute Gasteiger partial charge is 0.409 e. The van der Waals surface area contributed by atoms with E-state index in [9.17, 15) is 0 Å². The van der Waals surface area contributed by atoms with Gasteiger partial charge in [-0.25, -0.2) is 0 Å². The fourth-order valence-corrected chi connectivity index (χ4v) is 1.18. The lowest BCUT2D eigenvalue weighted by molar-refractivity contribution is 0.317. The van der Waals surface area contributed by atoms with Crippen molar-refractivity contribution in [2.75, 3.05) is 0 Å². The molecule has 8 nitrogen and oxygen atoms in total. The molecular weight excluding hydrogens is 196 g/mol. The Kier molecular flexibility index (Phi) is 2.59. The second kappa shape index (κ2) is 3.67. The second-order valence-electron chi connectivity index (χ2n) is 1.93. The summed E-state index contributed by atoms with van der Waals surface area (Å²) < 4.78 is 7.40. The van der Waals surface area contributed by atoms with Crippen LogP contribution in [0.15, 0.2) is 10.3 Å². The number of hydrogen-bond acceptors (Lipinski definition) is 7. The number of amidine groups is 2. The van der Waals surface area contributed by atoms with Gasteiger partial charge in [0.2, 0.25) is 0 Å². The average Bonchev–Trinajstić information content (AvgIpc) is 2.63. The smallest absolute Gasteiger partial charge is 0.192 e. The summed E-state index contributed by atoms with van der Waals surface area (Å²) in [6.07, 6.45) is 0. The molecule has 13 heavy (non-hydrogen) atoms. The molecule has 1 aromatic rings. The first kappa shape index (κ1) is 9.19. The Hall–Kier alpha value is -1.90. The standard InChI is InChI=1S/C4H6N6O2S/c5-3(7-11)1-2(4(6)8-12)10-13-9-1/h11-12H,(H2,5,7)(H2,6,8).